The van der Waals surface area contributed by atoms with E-state index in [1.165, 1.54) is 37.0 Å². The number of hydrogen-bond acceptors (Lipinski definition) is 4. The van der Waals surface area contributed by atoms with Crippen LogP contribution in [0.2, 0.25) is 0 Å². The van der Waals surface area contributed by atoms with Gasteiger partial charge in [0, 0.05) is 33.7 Å². The molecule has 1 saturated carbocycles. The van der Waals surface area contributed by atoms with Gasteiger partial charge >= 0.3 is 0 Å². The fourth-order valence-corrected chi connectivity index (χ4v) is 4.87. The fourth-order valence-electron chi connectivity index (χ4n) is 3.50. The normalized spacial score (nSPS) is 23.5. The zero-order valence-electron chi connectivity index (χ0n) is 16.6. The standard InChI is InChI=1S/C18H34N4O3S/c1-18(2)14-22(10-11-26(18,24)25)17(20-13-16(23)21(3)4)19-12-15-8-6-5-7-9-15/h15H,5-14H2,1-4H3,(H,19,20). The van der Waals surface area contributed by atoms with Gasteiger partial charge in [-0.3, -0.25) is 4.79 Å². The second kappa shape index (κ2) is 8.59. The average molecular weight is 387 g/mol. The Morgan fingerprint density at radius 3 is 2.46 bits per heavy atom. The third-order valence-electron chi connectivity index (χ3n) is 5.48. The molecule has 0 atom stereocenters. The maximum absolute atomic E-state index is 12.3. The topological polar surface area (TPSA) is 82.1 Å². The van der Waals surface area contributed by atoms with E-state index < -0.39 is 14.6 Å². The lowest BCUT2D eigenvalue weighted by molar-refractivity contribution is -0.127. The van der Waals surface area contributed by atoms with Crippen molar-refractivity contribution >= 4 is 21.7 Å². The Labute approximate surface area is 158 Å². The highest BCUT2D eigenvalue weighted by molar-refractivity contribution is 7.92. The van der Waals surface area contributed by atoms with Crippen LogP contribution in [0.3, 0.4) is 0 Å². The molecule has 0 spiro atoms. The zero-order chi connectivity index (χ0) is 19.4. The Bertz CT molecular complexity index is 622. The van der Waals surface area contributed by atoms with Gasteiger partial charge in [0.1, 0.15) is 6.54 Å². The first kappa shape index (κ1) is 21.0. The number of amides is 1. The van der Waals surface area contributed by atoms with E-state index in [9.17, 15) is 13.2 Å². The maximum Gasteiger partial charge on any atom is 0.243 e. The number of likely N-dealkylation sites (N-methyl/N-ethyl adjacent to an activating group) is 1. The number of sulfone groups is 1. The minimum atomic E-state index is -3.11. The number of aliphatic imine (C=N–C) groups is 1. The largest absolute Gasteiger partial charge is 0.356 e. The molecule has 26 heavy (non-hydrogen) atoms. The number of rotatable bonds is 4. The lowest BCUT2D eigenvalue weighted by Crippen LogP contribution is -2.57. The van der Waals surface area contributed by atoms with Gasteiger partial charge in [0.25, 0.3) is 0 Å². The van der Waals surface area contributed by atoms with Gasteiger partial charge in [-0.05, 0) is 32.6 Å². The zero-order valence-corrected chi connectivity index (χ0v) is 17.4. The summed E-state index contributed by atoms with van der Waals surface area (Å²) in [6, 6.07) is 0. The van der Waals surface area contributed by atoms with Gasteiger partial charge in [-0.15, -0.1) is 0 Å². The minimum absolute atomic E-state index is 0.0640. The quantitative estimate of drug-likeness (QED) is 0.578. The van der Waals surface area contributed by atoms with Gasteiger partial charge in [0.05, 0.1) is 10.5 Å². The van der Waals surface area contributed by atoms with E-state index in [1.807, 2.05) is 4.90 Å². The number of carbonyl (C=O) groups is 1. The van der Waals surface area contributed by atoms with Crippen LogP contribution in [0.15, 0.2) is 4.99 Å². The minimum Gasteiger partial charge on any atom is -0.356 e. The number of guanidine groups is 1. The molecule has 2 rings (SSSR count). The summed E-state index contributed by atoms with van der Waals surface area (Å²) in [5, 5.41) is 3.43. The number of nitrogens with one attached hydrogen (secondary N) is 1. The predicted molar refractivity (Wildman–Crippen MR) is 105 cm³/mol. The molecule has 8 heteroatoms. The molecular formula is C18H34N4O3S. The molecule has 7 nitrogen and oxygen atoms in total. The first-order valence-corrected chi connectivity index (χ1v) is 11.2. The highest BCUT2D eigenvalue weighted by Crippen LogP contribution is 2.25. The summed E-state index contributed by atoms with van der Waals surface area (Å²) in [4.78, 5) is 20.0. The molecule has 1 amide bonds. The van der Waals surface area contributed by atoms with E-state index >= 15 is 0 Å². The highest BCUT2D eigenvalue weighted by Gasteiger charge is 2.41. The van der Waals surface area contributed by atoms with E-state index in [0.29, 0.717) is 25.0 Å². The SMILES string of the molecule is CN(C)C(=O)CN=C(NCC1CCCCC1)N1CCS(=O)(=O)C(C)(C)C1. The second-order valence-electron chi connectivity index (χ2n) is 8.31. The third kappa shape index (κ3) is 5.34. The summed E-state index contributed by atoms with van der Waals surface area (Å²) < 4.78 is 23.8. The van der Waals surface area contributed by atoms with E-state index in [2.05, 4.69) is 10.3 Å². The molecule has 1 aliphatic heterocycles. The van der Waals surface area contributed by atoms with Crippen molar-refractivity contribution in [1.29, 1.82) is 0 Å². The molecule has 0 aromatic carbocycles. The number of hydrogen-bond donors (Lipinski definition) is 1. The smallest absolute Gasteiger partial charge is 0.243 e. The molecule has 1 saturated heterocycles. The summed E-state index contributed by atoms with van der Waals surface area (Å²) in [5.41, 5.74) is 0. The van der Waals surface area contributed by atoms with Crippen LogP contribution in [-0.2, 0) is 14.6 Å². The van der Waals surface area contributed by atoms with Crippen LogP contribution in [0, 0.1) is 5.92 Å². The first-order valence-electron chi connectivity index (χ1n) is 9.58. The Morgan fingerprint density at radius 2 is 1.88 bits per heavy atom. The Kier molecular flexibility index (Phi) is 6.93. The van der Waals surface area contributed by atoms with Crippen LogP contribution in [0.1, 0.15) is 46.0 Å². The fraction of sp³-hybridized carbons (Fsp3) is 0.889. The first-order chi connectivity index (χ1) is 12.1. The van der Waals surface area contributed by atoms with E-state index in [-0.39, 0.29) is 18.2 Å². The second-order valence-corrected chi connectivity index (χ2v) is 11.1. The van der Waals surface area contributed by atoms with Gasteiger partial charge in [0.2, 0.25) is 5.91 Å². The number of carbonyl (C=O) groups excluding carboxylic acids is 1. The molecule has 1 aliphatic carbocycles. The van der Waals surface area contributed by atoms with E-state index in [1.54, 1.807) is 27.9 Å². The highest BCUT2D eigenvalue weighted by atomic mass is 32.2. The average Bonchev–Trinajstić information content (AvgIpc) is 2.58. The molecule has 0 unspecified atom stereocenters. The van der Waals surface area contributed by atoms with Gasteiger partial charge in [-0.25, -0.2) is 13.4 Å². The van der Waals surface area contributed by atoms with Crippen LogP contribution in [0.4, 0.5) is 0 Å². The van der Waals surface area contributed by atoms with Crippen molar-refractivity contribution in [3.63, 3.8) is 0 Å². The van der Waals surface area contributed by atoms with E-state index in [4.69, 9.17) is 0 Å². The summed E-state index contributed by atoms with van der Waals surface area (Å²) in [6.45, 7) is 5.24. The molecule has 2 aliphatic rings. The summed E-state index contributed by atoms with van der Waals surface area (Å²) in [7, 11) is 0.317. The van der Waals surface area contributed by atoms with Gasteiger partial charge in [0.15, 0.2) is 15.8 Å². The van der Waals surface area contributed by atoms with Crippen LogP contribution >= 0.6 is 0 Å². The van der Waals surface area contributed by atoms with Crippen LogP contribution in [0.5, 0.6) is 0 Å². The van der Waals surface area contributed by atoms with Gasteiger partial charge in [-0.2, -0.15) is 0 Å². The van der Waals surface area contributed by atoms with Crippen LogP contribution in [0.25, 0.3) is 0 Å². The van der Waals surface area contributed by atoms with E-state index in [0.717, 1.165) is 6.54 Å². The predicted octanol–water partition coefficient (Wildman–Crippen LogP) is 1.11. The molecule has 150 valence electrons. The van der Waals surface area contributed by atoms with Crippen molar-refractivity contribution in [2.75, 3.05) is 46.0 Å². The van der Waals surface area contributed by atoms with Crippen molar-refractivity contribution in [2.45, 2.75) is 50.7 Å². The van der Waals surface area contributed by atoms with Gasteiger partial charge in [-0.1, -0.05) is 19.3 Å². The van der Waals surface area contributed by atoms with Gasteiger partial charge < -0.3 is 15.1 Å². The summed E-state index contributed by atoms with van der Waals surface area (Å²) in [5.74, 6) is 1.34. The Balaban J connectivity index is 2.09. The van der Waals surface area contributed by atoms with Crippen molar-refractivity contribution in [3.05, 3.63) is 0 Å². The molecule has 2 fully saturated rings. The molecule has 0 aromatic rings. The van der Waals surface area contributed by atoms with Crippen molar-refractivity contribution in [2.24, 2.45) is 10.9 Å². The van der Waals surface area contributed by atoms with Crippen molar-refractivity contribution in [3.8, 4) is 0 Å². The Hall–Kier alpha value is -1.31. The molecular weight excluding hydrogens is 352 g/mol. The molecule has 0 aromatic heterocycles. The monoisotopic (exact) mass is 386 g/mol. The molecule has 0 radical (unpaired) electrons. The molecule has 0 bridgehead atoms. The maximum atomic E-state index is 12.3. The van der Waals surface area contributed by atoms with Crippen LogP contribution < -0.4 is 5.32 Å². The number of nitrogens with zero attached hydrogens (tertiary/aromatic N) is 3. The van der Waals surface area contributed by atoms with Crippen molar-refractivity contribution < 1.29 is 13.2 Å². The lowest BCUT2D eigenvalue weighted by atomic mass is 9.89. The molecule has 1 heterocycles. The summed E-state index contributed by atoms with van der Waals surface area (Å²) in [6.07, 6.45) is 6.29. The third-order valence-corrected chi connectivity index (χ3v) is 8.01. The lowest BCUT2D eigenvalue weighted by Gasteiger charge is -2.39. The molecule has 1 N–H and O–H groups in total. The summed E-state index contributed by atoms with van der Waals surface area (Å²) >= 11 is 0. The Morgan fingerprint density at radius 1 is 1.23 bits per heavy atom. The van der Waals surface area contributed by atoms with Crippen LogP contribution in [-0.4, -0.2) is 80.9 Å². The van der Waals surface area contributed by atoms with Crippen molar-refractivity contribution in [1.82, 2.24) is 15.1 Å².